The molecule has 0 saturated carbocycles. The van der Waals surface area contributed by atoms with Gasteiger partial charge in [-0.25, -0.2) is 9.97 Å². The molecule has 21 heavy (non-hydrogen) atoms. The first-order chi connectivity index (χ1) is 10.1. The molecule has 2 aromatic rings. The van der Waals surface area contributed by atoms with Crippen molar-refractivity contribution in [2.75, 3.05) is 26.6 Å². The lowest BCUT2D eigenvalue weighted by Crippen LogP contribution is -2.05. The average molecular weight is 399 g/mol. The van der Waals surface area contributed by atoms with Crippen LogP contribution in [-0.2, 0) is 6.42 Å². The predicted octanol–water partition coefficient (Wildman–Crippen LogP) is 3.37. The Labute approximate surface area is 138 Å². The fourth-order valence-electron chi connectivity index (χ4n) is 2.00. The number of aromatic nitrogens is 2. The molecule has 112 valence electrons. The maximum Gasteiger partial charge on any atom is 0.165 e. The number of hydrogen-bond acceptors (Lipinski definition) is 5. The number of aryl methyl sites for hydroxylation is 1. The van der Waals surface area contributed by atoms with Gasteiger partial charge in [0.2, 0.25) is 0 Å². The molecule has 0 radical (unpaired) electrons. The maximum atomic E-state index is 5.44. The van der Waals surface area contributed by atoms with Crippen LogP contribution in [0.3, 0.4) is 0 Å². The average Bonchev–Trinajstić information content (AvgIpc) is 2.54. The van der Waals surface area contributed by atoms with Crippen molar-refractivity contribution in [2.45, 2.75) is 13.3 Å². The van der Waals surface area contributed by atoms with E-state index < -0.39 is 0 Å². The molecule has 0 bridgehead atoms. The largest absolute Gasteiger partial charge is 0.497 e. The van der Waals surface area contributed by atoms with E-state index in [1.54, 1.807) is 14.2 Å². The summed E-state index contributed by atoms with van der Waals surface area (Å²) in [6.45, 7) is 2.08. The molecule has 0 aliphatic heterocycles. The van der Waals surface area contributed by atoms with Crippen molar-refractivity contribution in [3.8, 4) is 22.9 Å². The van der Waals surface area contributed by atoms with E-state index in [2.05, 4.69) is 44.8 Å². The smallest absolute Gasteiger partial charge is 0.165 e. The first-order valence-electron chi connectivity index (χ1n) is 6.61. The van der Waals surface area contributed by atoms with E-state index in [0.29, 0.717) is 11.6 Å². The third-order valence-electron chi connectivity index (χ3n) is 3.14. The number of anilines is 1. The molecule has 1 N–H and O–H groups in total. The van der Waals surface area contributed by atoms with E-state index in [1.807, 2.05) is 25.2 Å². The van der Waals surface area contributed by atoms with Crippen molar-refractivity contribution in [2.24, 2.45) is 0 Å². The summed E-state index contributed by atoms with van der Waals surface area (Å²) in [4.78, 5) is 9.24. The van der Waals surface area contributed by atoms with Crippen molar-refractivity contribution < 1.29 is 9.47 Å². The van der Waals surface area contributed by atoms with E-state index in [-0.39, 0.29) is 0 Å². The lowest BCUT2D eigenvalue weighted by molar-refractivity contribution is 0.395. The number of methoxy groups -OCH3 is 2. The molecule has 5 nitrogen and oxygen atoms in total. The van der Waals surface area contributed by atoms with Gasteiger partial charge in [0, 0.05) is 13.1 Å². The molecule has 6 heteroatoms. The van der Waals surface area contributed by atoms with Gasteiger partial charge in [0.1, 0.15) is 17.3 Å². The van der Waals surface area contributed by atoms with E-state index in [0.717, 1.165) is 32.8 Å². The highest BCUT2D eigenvalue weighted by Gasteiger charge is 2.15. The molecule has 0 amide bonds. The van der Waals surface area contributed by atoms with Gasteiger partial charge in [-0.3, -0.25) is 0 Å². The molecular weight excluding hydrogens is 381 g/mol. The van der Waals surface area contributed by atoms with Crippen LogP contribution in [0.15, 0.2) is 18.2 Å². The molecule has 1 heterocycles. The number of ether oxygens (including phenoxy) is 2. The van der Waals surface area contributed by atoms with E-state index in [1.165, 1.54) is 0 Å². The number of nitrogens with one attached hydrogen (secondary N) is 1. The second-order valence-corrected chi connectivity index (χ2v) is 5.41. The Kier molecular flexibility index (Phi) is 5.22. The topological polar surface area (TPSA) is 56.3 Å². The Hall–Kier alpha value is -1.57. The van der Waals surface area contributed by atoms with Gasteiger partial charge in [-0.05, 0) is 41.1 Å². The van der Waals surface area contributed by atoms with Crippen LogP contribution in [0.25, 0.3) is 11.4 Å². The SMILES string of the molecule is CCc1nc(-c2ccc(OC)cc2OC)nc(NC)c1I. The zero-order valence-corrected chi connectivity index (χ0v) is 14.7. The number of hydrogen-bond donors (Lipinski definition) is 1. The summed E-state index contributed by atoms with van der Waals surface area (Å²) in [7, 11) is 5.12. The lowest BCUT2D eigenvalue weighted by atomic mass is 10.1. The molecule has 0 unspecified atom stereocenters. The molecule has 0 spiro atoms. The fourth-order valence-corrected chi connectivity index (χ4v) is 2.89. The summed E-state index contributed by atoms with van der Waals surface area (Å²) in [5.41, 5.74) is 1.86. The highest BCUT2D eigenvalue weighted by atomic mass is 127. The predicted molar refractivity (Wildman–Crippen MR) is 92.2 cm³/mol. The van der Waals surface area contributed by atoms with Crippen molar-refractivity contribution in [3.05, 3.63) is 27.5 Å². The van der Waals surface area contributed by atoms with Gasteiger partial charge in [0.25, 0.3) is 0 Å². The van der Waals surface area contributed by atoms with Gasteiger partial charge < -0.3 is 14.8 Å². The van der Waals surface area contributed by atoms with Crippen LogP contribution < -0.4 is 14.8 Å². The van der Waals surface area contributed by atoms with Crippen LogP contribution in [0.2, 0.25) is 0 Å². The molecule has 2 rings (SSSR count). The first kappa shape index (κ1) is 15.8. The minimum absolute atomic E-state index is 0.649. The molecular formula is C15H18IN3O2. The Bertz CT molecular complexity index is 622. The molecule has 0 fully saturated rings. The number of benzene rings is 1. The summed E-state index contributed by atoms with van der Waals surface area (Å²) >= 11 is 2.27. The van der Waals surface area contributed by atoms with Gasteiger partial charge in [-0.15, -0.1) is 0 Å². The van der Waals surface area contributed by atoms with E-state index in [4.69, 9.17) is 9.47 Å². The van der Waals surface area contributed by atoms with Gasteiger partial charge in [-0.2, -0.15) is 0 Å². The quantitative estimate of drug-likeness (QED) is 0.782. The van der Waals surface area contributed by atoms with Gasteiger partial charge in [0.15, 0.2) is 5.82 Å². The summed E-state index contributed by atoms with van der Waals surface area (Å²) in [5.74, 6) is 2.91. The van der Waals surface area contributed by atoms with Crippen molar-refractivity contribution in [3.63, 3.8) is 0 Å². The standard InChI is InChI=1S/C15H18IN3O2/c1-5-11-13(16)15(17-2)19-14(18-11)10-7-6-9(20-3)8-12(10)21-4/h6-8H,5H2,1-4H3,(H,17,18,19). The van der Waals surface area contributed by atoms with Crippen molar-refractivity contribution in [1.82, 2.24) is 9.97 Å². The number of halogens is 1. The lowest BCUT2D eigenvalue weighted by Gasteiger charge is -2.13. The highest BCUT2D eigenvalue weighted by molar-refractivity contribution is 14.1. The van der Waals surface area contributed by atoms with E-state index >= 15 is 0 Å². The third-order valence-corrected chi connectivity index (χ3v) is 4.27. The minimum Gasteiger partial charge on any atom is -0.497 e. The molecule has 0 atom stereocenters. The van der Waals surface area contributed by atoms with E-state index in [9.17, 15) is 0 Å². The molecule has 0 aliphatic carbocycles. The number of rotatable bonds is 5. The monoisotopic (exact) mass is 399 g/mol. The third kappa shape index (κ3) is 3.20. The second-order valence-electron chi connectivity index (χ2n) is 4.33. The zero-order valence-electron chi connectivity index (χ0n) is 12.5. The Morgan fingerprint density at radius 3 is 2.52 bits per heavy atom. The van der Waals surface area contributed by atoms with Crippen LogP contribution in [0.5, 0.6) is 11.5 Å². The Balaban J connectivity index is 2.61. The molecule has 1 aromatic heterocycles. The normalized spacial score (nSPS) is 10.3. The van der Waals surface area contributed by atoms with Crippen LogP contribution >= 0.6 is 22.6 Å². The van der Waals surface area contributed by atoms with Crippen LogP contribution in [0.1, 0.15) is 12.6 Å². The van der Waals surface area contributed by atoms with Gasteiger partial charge in [0.05, 0.1) is 29.0 Å². The Morgan fingerprint density at radius 1 is 1.19 bits per heavy atom. The van der Waals surface area contributed by atoms with Gasteiger partial charge in [-0.1, -0.05) is 6.92 Å². The maximum absolute atomic E-state index is 5.44. The first-order valence-corrected chi connectivity index (χ1v) is 7.69. The van der Waals surface area contributed by atoms with Crippen LogP contribution in [0.4, 0.5) is 5.82 Å². The van der Waals surface area contributed by atoms with Crippen LogP contribution in [-0.4, -0.2) is 31.2 Å². The molecule has 0 aliphatic rings. The summed E-state index contributed by atoms with van der Waals surface area (Å²) in [6.07, 6.45) is 0.848. The summed E-state index contributed by atoms with van der Waals surface area (Å²) in [6, 6.07) is 5.63. The van der Waals surface area contributed by atoms with Crippen molar-refractivity contribution >= 4 is 28.4 Å². The molecule has 0 saturated heterocycles. The second kappa shape index (κ2) is 6.93. The molecule has 1 aromatic carbocycles. The fraction of sp³-hybridized carbons (Fsp3) is 0.333. The highest BCUT2D eigenvalue weighted by Crippen LogP contribution is 2.33. The van der Waals surface area contributed by atoms with Crippen LogP contribution in [0, 0.1) is 3.57 Å². The summed E-state index contributed by atoms with van der Waals surface area (Å²) < 4.78 is 11.7. The van der Waals surface area contributed by atoms with Gasteiger partial charge >= 0.3 is 0 Å². The van der Waals surface area contributed by atoms with Crippen molar-refractivity contribution in [1.29, 1.82) is 0 Å². The summed E-state index contributed by atoms with van der Waals surface area (Å²) in [5, 5.41) is 3.12. The minimum atomic E-state index is 0.649. The Morgan fingerprint density at radius 2 is 1.95 bits per heavy atom. The number of nitrogens with zero attached hydrogens (tertiary/aromatic N) is 2. The zero-order chi connectivity index (χ0) is 15.4.